The van der Waals surface area contributed by atoms with Gasteiger partial charge in [-0.3, -0.25) is 9.89 Å². The van der Waals surface area contributed by atoms with Gasteiger partial charge in [-0.2, -0.15) is 10.2 Å². The molecule has 0 spiro atoms. The van der Waals surface area contributed by atoms with E-state index >= 15 is 0 Å². The number of rotatable bonds is 4. The molecule has 0 saturated carbocycles. The van der Waals surface area contributed by atoms with Crippen molar-refractivity contribution in [1.29, 1.82) is 0 Å². The molecular weight excluding hydrogens is 430 g/mol. The van der Waals surface area contributed by atoms with Crippen molar-refractivity contribution in [2.45, 2.75) is 20.0 Å². The number of benzene rings is 2. The number of aromatic amines is 1. The fourth-order valence-corrected chi connectivity index (χ4v) is 4.35. The van der Waals surface area contributed by atoms with E-state index in [1.54, 1.807) is 35.1 Å². The molecule has 1 amide bonds. The van der Waals surface area contributed by atoms with E-state index in [2.05, 4.69) is 37.6 Å². The molecule has 0 unspecified atom stereocenters. The van der Waals surface area contributed by atoms with E-state index in [0.29, 0.717) is 16.9 Å². The third-order valence-electron chi connectivity index (χ3n) is 6.08. The Morgan fingerprint density at radius 2 is 1.88 bits per heavy atom. The number of aromatic nitrogens is 5. The zero-order chi connectivity index (χ0) is 23.2. The maximum Gasteiger partial charge on any atom is 0.276 e. The number of aromatic hydroxyl groups is 1. The fraction of sp³-hybridized carbons (Fsp3) is 0.120. The molecule has 0 aliphatic carbocycles. The van der Waals surface area contributed by atoms with Crippen LogP contribution in [0.4, 0.5) is 11.5 Å². The summed E-state index contributed by atoms with van der Waals surface area (Å²) in [7, 11) is 0. The maximum atomic E-state index is 13.1. The van der Waals surface area contributed by atoms with Crippen molar-refractivity contribution in [3.05, 3.63) is 89.4 Å². The predicted molar refractivity (Wildman–Crippen MR) is 128 cm³/mol. The Kier molecular flexibility index (Phi) is 4.54. The number of aryl methyl sites for hydroxylation is 1. The number of amides is 1. The van der Waals surface area contributed by atoms with Crippen LogP contribution in [-0.4, -0.2) is 35.8 Å². The van der Waals surface area contributed by atoms with Crippen molar-refractivity contribution in [2.75, 3.05) is 10.2 Å². The molecule has 0 bridgehead atoms. The highest BCUT2D eigenvalue weighted by Crippen LogP contribution is 2.32. The Morgan fingerprint density at radius 3 is 2.59 bits per heavy atom. The molecule has 0 radical (unpaired) electrons. The molecule has 1 aliphatic rings. The van der Waals surface area contributed by atoms with Crippen molar-refractivity contribution in [2.24, 2.45) is 0 Å². The molecule has 9 heteroatoms. The van der Waals surface area contributed by atoms with Crippen LogP contribution in [0.5, 0.6) is 5.75 Å². The number of hydrogen-bond acceptors (Lipinski definition) is 6. The third kappa shape index (κ3) is 3.34. The Hall–Kier alpha value is -4.66. The van der Waals surface area contributed by atoms with Crippen LogP contribution >= 0.6 is 0 Å². The molecule has 5 aromatic rings. The van der Waals surface area contributed by atoms with Crippen LogP contribution in [-0.2, 0) is 13.1 Å². The molecule has 3 N–H and O–H groups in total. The lowest BCUT2D eigenvalue weighted by molar-refractivity contribution is 0.102. The number of H-pyrrole nitrogens is 1. The number of nitrogens with zero attached hydrogens (tertiary/aromatic N) is 5. The maximum absolute atomic E-state index is 13.1. The van der Waals surface area contributed by atoms with E-state index in [1.807, 2.05) is 25.1 Å². The van der Waals surface area contributed by atoms with E-state index in [4.69, 9.17) is 4.98 Å². The van der Waals surface area contributed by atoms with Gasteiger partial charge in [-0.1, -0.05) is 30.3 Å². The average Bonchev–Trinajstić information content (AvgIpc) is 3.58. The number of nitrogens with one attached hydrogen (secondary N) is 2. The lowest BCUT2D eigenvalue weighted by Crippen LogP contribution is -2.17. The van der Waals surface area contributed by atoms with E-state index in [9.17, 15) is 9.90 Å². The topological polar surface area (TPSA) is 111 Å². The highest BCUT2D eigenvalue weighted by molar-refractivity contribution is 6.05. The first-order chi connectivity index (χ1) is 16.6. The highest BCUT2D eigenvalue weighted by atomic mass is 16.3. The average molecular weight is 451 g/mol. The van der Waals surface area contributed by atoms with Crippen LogP contribution in [0.2, 0.25) is 0 Å². The highest BCUT2D eigenvalue weighted by Gasteiger charge is 2.25. The SMILES string of the molecule is Cc1c(C(=O)Nc2cccc(O)c2)nn2c(-c3cn[nH]c3)cc(N3Cc4ccccc4C3)nc12. The summed E-state index contributed by atoms with van der Waals surface area (Å²) in [6.45, 7) is 3.37. The van der Waals surface area contributed by atoms with Crippen LogP contribution in [0.1, 0.15) is 27.2 Å². The van der Waals surface area contributed by atoms with Gasteiger partial charge in [0.05, 0.1) is 11.9 Å². The Balaban J connectivity index is 1.44. The largest absolute Gasteiger partial charge is 0.508 e. The van der Waals surface area contributed by atoms with E-state index in [-0.39, 0.29) is 17.4 Å². The molecule has 34 heavy (non-hydrogen) atoms. The van der Waals surface area contributed by atoms with Crippen LogP contribution in [0.15, 0.2) is 67.0 Å². The Morgan fingerprint density at radius 1 is 1.09 bits per heavy atom. The zero-order valence-corrected chi connectivity index (χ0v) is 18.4. The number of carbonyl (C=O) groups excluding carboxylic acids is 1. The van der Waals surface area contributed by atoms with Gasteiger partial charge in [-0.15, -0.1) is 0 Å². The fourth-order valence-electron chi connectivity index (χ4n) is 4.35. The van der Waals surface area contributed by atoms with E-state index < -0.39 is 0 Å². The van der Waals surface area contributed by atoms with Crippen molar-refractivity contribution in [3.8, 4) is 17.0 Å². The molecule has 1 aliphatic heterocycles. The minimum absolute atomic E-state index is 0.0738. The summed E-state index contributed by atoms with van der Waals surface area (Å²) < 4.78 is 1.68. The van der Waals surface area contributed by atoms with Crippen molar-refractivity contribution in [1.82, 2.24) is 24.8 Å². The summed E-state index contributed by atoms with van der Waals surface area (Å²) in [4.78, 5) is 20.2. The first-order valence-corrected chi connectivity index (χ1v) is 10.9. The van der Waals surface area contributed by atoms with Gasteiger partial charge in [-0.05, 0) is 30.2 Å². The molecule has 2 aromatic carbocycles. The summed E-state index contributed by atoms with van der Waals surface area (Å²) in [6.07, 6.45) is 3.52. The first-order valence-electron chi connectivity index (χ1n) is 10.9. The Labute approximate surface area is 194 Å². The van der Waals surface area contributed by atoms with Gasteiger partial charge in [0, 0.05) is 48.2 Å². The van der Waals surface area contributed by atoms with Gasteiger partial charge >= 0.3 is 0 Å². The molecule has 3 aromatic heterocycles. The molecule has 9 nitrogen and oxygen atoms in total. The standard InChI is InChI=1S/C25H21N7O2/c1-15-23(25(34)28-19-7-4-8-20(33)9-19)30-32-21(18-11-26-27-12-18)10-22(29-24(15)32)31-13-16-5-2-3-6-17(16)14-31/h2-12,33H,13-14H2,1H3,(H,26,27)(H,28,34). The van der Waals surface area contributed by atoms with E-state index in [0.717, 1.165) is 30.2 Å². The summed E-state index contributed by atoms with van der Waals surface area (Å²) in [6, 6.07) is 16.8. The van der Waals surface area contributed by atoms with Gasteiger partial charge < -0.3 is 15.3 Å². The van der Waals surface area contributed by atoms with Crippen molar-refractivity contribution < 1.29 is 9.90 Å². The number of phenolic OH excluding ortho intramolecular Hbond substituents is 1. The quantitative estimate of drug-likeness (QED) is 0.382. The van der Waals surface area contributed by atoms with Crippen LogP contribution in [0.3, 0.4) is 0 Å². The van der Waals surface area contributed by atoms with Gasteiger partial charge in [-0.25, -0.2) is 9.50 Å². The number of phenols is 1. The van der Waals surface area contributed by atoms with Gasteiger partial charge in [0.25, 0.3) is 5.91 Å². The number of carbonyl (C=O) groups is 1. The van der Waals surface area contributed by atoms with Crippen molar-refractivity contribution in [3.63, 3.8) is 0 Å². The predicted octanol–water partition coefficient (Wildman–Crippen LogP) is 3.91. The zero-order valence-electron chi connectivity index (χ0n) is 18.4. The van der Waals surface area contributed by atoms with Gasteiger partial charge in [0.15, 0.2) is 11.3 Å². The smallest absolute Gasteiger partial charge is 0.276 e. The molecule has 6 rings (SSSR count). The van der Waals surface area contributed by atoms with Crippen LogP contribution < -0.4 is 10.2 Å². The van der Waals surface area contributed by atoms with Crippen LogP contribution in [0.25, 0.3) is 16.9 Å². The second-order valence-electron chi connectivity index (χ2n) is 8.32. The minimum Gasteiger partial charge on any atom is -0.508 e. The second-order valence-corrected chi connectivity index (χ2v) is 8.32. The number of anilines is 2. The number of fused-ring (bicyclic) bond motifs is 2. The Bertz CT molecular complexity index is 1510. The van der Waals surface area contributed by atoms with Crippen LogP contribution in [0, 0.1) is 6.92 Å². The first kappa shape index (κ1) is 20.0. The minimum atomic E-state index is -0.373. The number of hydrogen-bond donors (Lipinski definition) is 3. The van der Waals surface area contributed by atoms with Crippen molar-refractivity contribution >= 4 is 23.1 Å². The molecule has 0 atom stereocenters. The molecule has 0 fully saturated rings. The molecule has 4 heterocycles. The molecular formula is C25H21N7O2. The third-order valence-corrected chi connectivity index (χ3v) is 6.08. The monoisotopic (exact) mass is 451 g/mol. The lowest BCUT2D eigenvalue weighted by Gasteiger charge is -2.18. The summed E-state index contributed by atoms with van der Waals surface area (Å²) in [5, 5.41) is 24.1. The van der Waals surface area contributed by atoms with Gasteiger partial charge in [0.1, 0.15) is 11.6 Å². The molecule has 168 valence electrons. The summed E-state index contributed by atoms with van der Waals surface area (Å²) >= 11 is 0. The summed E-state index contributed by atoms with van der Waals surface area (Å²) in [5.41, 5.74) is 6.21. The second kappa shape index (κ2) is 7.73. The van der Waals surface area contributed by atoms with E-state index in [1.165, 1.54) is 17.2 Å². The molecule has 0 saturated heterocycles. The summed E-state index contributed by atoms with van der Waals surface area (Å²) in [5.74, 6) is 0.509. The van der Waals surface area contributed by atoms with Gasteiger partial charge in [0.2, 0.25) is 0 Å². The lowest BCUT2D eigenvalue weighted by atomic mass is 10.1. The normalized spacial score (nSPS) is 12.8.